The molecule has 0 amide bonds. The summed E-state index contributed by atoms with van der Waals surface area (Å²) < 4.78 is 35.2. The minimum atomic E-state index is -3.35. The third-order valence-electron chi connectivity index (χ3n) is 4.72. The second kappa shape index (κ2) is 7.64. The van der Waals surface area contributed by atoms with E-state index in [1.165, 1.54) is 5.56 Å². The zero-order chi connectivity index (χ0) is 16.1. The van der Waals surface area contributed by atoms with E-state index in [9.17, 15) is 8.42 Å². The lowest BCUT2D eigenvalue weighted by Gasteiger charge is -2.22. The minimum absolute atomic E-state index is 0.278. The number of nitrogens with one attached hydrogen (secondary N) is 1. The number of benzene rings is 1. The molecule has 2 heterocycles. The first kappa shape index (κ1) is 16.7. The fourth-order valence-electron chi connectivity index (χ4n) is 3.33. The van der Waals surface area contributed by atoms with Crippen LogP contribution in [0.1, 0.15) is 37.7 Å². The quantitative estimate of drug-likeness (QED) is 0.917. The van der Waals surface area contributed by atoms with Gasteiger partial charge in [0.2, 0.25) is 0 Å². The van der Waals surface area contributed by atoms with Crippen molar-refractivity contribution in [1.82, 2.24) is 9.03 Å². The molecule has 3 rings (SSSR count). The monoisotopic (exact) mass is 338 g/mol. The van der Waals surface area contributed by atoms with Crippen LogP contribution in [0.4, 0.5) is 0 Å². The smallest absolute Gasteiger partial charge is 0.279 e. The number of hydrogen-bond donors (Lipinski definition) is 1. The largest absolute Gasteiger partial charge is 0.493 e. The van der Waals surface area contributed by atoms with Crippen LogP contribution in [-0.2, 0) is 16.6 Å². The van der Waals surface area contributed by atoms with Gasteiger partial charge in [0, 0.05) is 19.6 Å². The molecule has 2 aliphatic rings. The molecule has 0 aliphatic carbocycles. The van der Waals surface area contributed by atoms with Gasteiger partial charge in [0.1, 0.15) is 5.75 Å². The van der Waals surface area contributed by atoms with E-state index >= 15 is 0 Å². The highest BCUT2D eigenvalue weighted by atomic mass is 32.2. The molecule has 1 atom stereocenters. The number of para-hydroxylation sites is 1. The van der Waals surface area contributed by atoms with Gasteiger partial charge in [-0.05, 0) is 43.2 Å². The van der Waals surface area contributed by atoms with Crippen molar-refractivity contribution in [3.63, 3.8) is 0 Å². The Labute approximate surface area is 139 Å². The SMILES string of the molecule is O=S(=O)(NC[C@@H]1CCOc2ccccc2C1)N1CCCCCC1. The van der Waals surface area contributed by atoms with Gasteiger partial charge in [-0.1, -0.05) is 31.0 Å². The highest BCUT2D eigenvalue weighted by Gasteiger charge is 2.25. The van der Waals surface area contributed by atoms with Gasteiger partial charge in [0.25, 0.3) is 10.2 Å². The van der Waals surface area contributed by atoms with Crippen molar-refractivity contribution in [3.8, 4) is 5.75 Å². The molecule has 1 aromatic rings. The number of ether oxygens (including phenoxy) is 1. The summed E-state index contributed by atoms with van der Waals surface area (Å²) in [5.41, 5.74) is 1.17. The van der Waals surface area contributed by atoms with E-state index in [-0.39, 0.29) is 5.92 Å². The number of hydrogen-bond acceptors (Lipinski definition) is 3. The molecule has 1 aromatic carbocycles. The number of rotatable bonds is 4. The van der Waals surface area contributed by atoms with Gasteiger partial charge < -0.3 is 4.74 Å². The molecule has 0 bridgehead atoms. The van der Waals surface area contributed by atoms with Crippen LogP contribution in [0, 0.1) is 5.92 Å². The second-order valence-electron chi connectivity index (χ2n) is 6.48. The van der Waals surface area contributed by atoms with E-state index in [0.717, 1.165) is 44.3 Å². The van der Waals surface area contributed by atoms with E-state index in [0.29, 0.717) is 26.2 Å². The molecular weight excluding hydrogens is 312 g/mol. The molecule has 1 N–H and O–H groups in total. The fraction of sp³-hybridized carbons (Fsp3) is 0.647. The van der Waals surface area contributed by atoms with Gasteiger partial charge in [-0.2, -0.15) is 12.7 Å². The summed E-state index contributed by atoms with van der Waals surface area (Å²) >= 11 is 0. The van der Waals surface area contributed by atoms with Gasteiger partial charge >= 0.3 is 0 Å². The molecular formula is C17H26N2O3S. The third-order valence-corrected chi connectivity index (χ3v) is 6.30. The van der Waals surface area contributed by atoms with Crippen molar-refractivity contribution in [1.29, 1.82) is 0 Å². The topological polar surface area (TPSA) is 58.6 Å². The first-order valence-electron chi connectivity index (χ1n) is 8.60. The molecule has 0 saturated carbocycles. The maximum absolute atomic E-state index is 12.5. The number of nitrogens with zero attached hydrogens (tertiary/aromatic N) is 1. The lowest BCUT2D eigenvalue weighted by Crippen LogP contribution is -2.43. The second-order valence-corrected chi connectivity index (χ2v) is 8.24. The Hall–Kier alpha value is -1.11. The van der Waals surface area contributed by atoms with Gasteiger partial charge in [-0.3, -0.25) is 0 Å². The van der Waals surface area contributed by atoms with Gasteiger partial charge in [0.05, 0.1) is 6.61 Å². The van der Waals surface area contributed by atoms with Crippen molar-refractivity contribution in [2.24, 2.45) is 5.92 Å². The highest BCUT2D eigenvalue weighted by molar-refractivity contribution is 7.87. The normalized spacial score (nSPS) is 23.4. The van der Waals surface area contributed by atoms with Crippen LogP contribution in [0.25, 0.3) is 0 Å². The summed E-state index contributed by atoms with van der Waals surface area (Å²) in [6.45, 7) is 2.42. The van der Waals surface area contributed by atoms with Crippen LogP contribution >= 0.6 is 0 Å². The lowest BCUT2D eigenvalue weighted by molar-refractivity contribution is 0.294. The molecule has 23 heavy (non-hydrogen) atoms. The average molecular weight is 338 g/mol. The maximum atomic E-state index is 12.5. The molecule has 6 heteroatoms. The van der Waals surface area contributed by atoms with Crippen molar-refractivity contribution in [3.05, 3.63) is 29.8 Å². The van der Waals surface area contributed by atoms with Crippen LogP contribution < -0.4 is 9.46 Å². The molecule has 2 aliphatic heterocycles. The maximum Gasteiger partial charge on any atom is 0.279 e. The number of fused-ring (bicyclic) bond motifs is 1. The van der Waals surface area contributed by atoms with Crippen molar-refractivity contribution in [2.75, 3.05) is 26.2 Å². The van der Waals surface area contributed by atoms with Crippen molar-refractivity contribution < 1.29 is 13.2 Å². The summed E-state index contributed by atoms with van der Waals surface area (Å²) in [6, 6.07) is 8.03. The third kappa shape index (κ3) is 4.46. The standard InChI is InChI=1S/C17H26N2O3S/c20-23(21,19-10-5-1-2-6-11-19)18-14-15-9-12-22-17-8-4-3-7-16(17)13-15/h3-4,7-8,15,18H,1-2,5-6,9-14H2/t15-/m1/s1. The predicted molar refractivity (Wildman–Crippen MR) is 90.7 cm³/mol. The lowest BCUT2D eigenvalue weighted by atomic mass is 9.97. The Balaban J connectivity index is 1.59. The predicted octanol–water partition coefficient (Wildman–Crippen LogP) is 2.34. The van der Waals surface area contributed by atoms with Crippen LogP contribution in [0.2, 0.25) is 0 Å². The highest BCUT2D eigenvalue weighted by Crippen LogP contribution is 2.26. The Bertz CT molecular complexity index is 610. The van der Waals surface area contributed by atoms with E-state index in [4.69, 9.17) is 4.74 Å². The Kier molecular flexibility index (Phi) is 5.56. The summed E-state index contributed by atoms with van der Waals surface area (Å²) in [5, 5.41) is 0. The Morgan fingerprint density at radius 1 is 1.13 bits per heavy atom. The molecule has 0 radical (unpaired) electrons. The van der Waals surface area contributed by atoms with Crippen LogP contribution in [0.15, 0.2) is 24.3 Å². The van der Waals surface area contributed by atoms with E-state index < -0.39 is 10.2 Å². The summed E-state index contributed by atoms with van der Waals surface area (Å²) in [7, 11) is -3.35. The van der Waals surface area contributed by atoms with E-state index in [1.54, 1.807) is 4.31 Å². The van der Waals surface area contributed by atoms with Crippen LogP contribution in [0.3, 0.4) is 0 Å². The molecule has 0 spiro atoms. The molecule has 1 fully saturated rings. The van der Waals surface area contributed by atoms with E-state index in [1.807, 2.05) is 18.2 Å². The molecule has 5 nitrogen and oxygen atoms in total. The van der Waals surface area contributed by atoms with Crippen LogP contribution in [-0.4, -0.2) is 39.0 Å². The average Bonchev–Trinajstić information content (AvgIpc) is 2.94. The zero-order valence-corrected chi connectivity index (χ0v) is 14.4. The summed E-state index contributed by atoms with van der Waals surface area (Å²) in [5.74, 6) is 1.21. The van der Waals surface area contributed by atoms with Gasteiger partial charge in [-0.25, -0.2) is 4.72 Å². The first-order chi connectivity index (χ1) is 11.1. The fourth-order valence-corrected chi connectivity index (χ4v) is 4.70. The van der Waals surface area contributed by atoms with Crippen LogP contribution in [0.5, 0.6) is 5.75 Å². The van der Waals surface area contributed by atoms with E-state index in [2.05, 4.69) is 10.8 Å². The van der Waals surface area contributed by atoms with Crippen molar-refractivity contribution >= 4 is 10.2 Å². The molecule has 128 valence electrons. The summed E-state index contributed by atoms with van der Waals surface area (Å²) in [6.07, 6.45) is 5.92. The van der Waals surface area contributed by atoms with Crippen molar-refractivity contribution in [2.45, 2.75) is 38.5 Å². The Morgan fingerprint density at radius 2 is 1.87 bits per heavy atom. The molecule has 1 saturated heterocycles. The Morgan fingerprint density at radius 3 is 2.65 bits per heavy atom. The van der Waals surface area contributed by atoms with Gasteiger partial charge in [-0.15, -0.1) is 0 Å². The first-order valence-corrected chi connectivity index (χ1v) is 10.0. The molecule has 0 unspecified atom stereocenters. The summed E-state index contributed by atoms with van der Waals surface area (Å²) in [4.78, 5) is 0. The molecule has 0 aromatic heterocycles. The minimum Gasteiger partial charge on any atom is -0.493 e. The van der Waals surface area contributed by atoms with Gasteiger partial charge in [0.15, 0.2) is 0 Å². The zero-order valence-electron chi connectivity index (χ0n) is 13.5.